The van der Waals surface area contributed by atoms with Crippen molar-refractivity contribution >= 4 is 6.16 Å². The summed E-state index contributed by atoms with van der Waals surface area (Å²) in [5.74, 6) is 0.479. The minimum atomic E-state index is -0.680. The first kappa shape index (κ1) is 13.1. The third-order valence-corrected chi connectivity index (χ3v) is 1.94. The van der Waals surface area contributed by atoms with Gasteiger partial charge in [0.2, 0.25) is 0 Å². The van der Waals surface area contributed by atoms with E-state index in [4.69, 9.17) is 14.2 Å². The molecule has 0 fully saturated rings. The zero-order valence-corrected chi connectivity index (χ0v) is 9.63. The summed E-state index contributed by atoms with van der Waals surface area (Å²) < 4.78 is 14.7. The van der Waals surface area contributed by atoms with Gasteiger partial charge in [-0.2, -0.15) is 0 Å². The standard InChI is InChI=1S/C13H16O4/c1-2-15-10-6-7-11-16-13(14)17-12-8-4-3-5-9-12/h2-5,8-9H,1,6-7,10-11H2. The summed E-state index contributed by atoms with van der Waals surface area (Å²) in [6.45, 7) is 4.34. The highest BCUT2D eigenvalue weighted by Crippen LogP contribution is 2.09. The molecular formula is C13H16O4. The average molecular weight is 236 g/mol. The Morgan fingerprint density at radius 1 is 1.18 bits per heavy atom. The number of hydrogen-bond donors (Lipinski definition) is 0. The fourth-order valence-electron chi connectivity index (χ4n) is 1.14. The van der Waals surface area contributed by atoms with Crippen LogP contribution in [0.4, 0.5) is 4.79 Å². The Morgan fingerprint density at radius 2 is 1.88 bits per heavy atom. The van der Waals surface area contributed by atoms with Crippen LogP contribution in [0.25, 0.3) is 0 Å². The number of benzene rings is 1. The van der Waals surface area contributed by atoms with E-state index in [-0.39, 0.29) is 0 Å². The summed E-state index contributed by atoms with van der Waals surface area (Å²) in [6, 6.07) is 8.81. The van der Waals surface area contributed by atoms with E-state index >= 15 is 0 Å². The Bertz CT molecular complexity index is 335. The number of unbranched alkanes of at least 4 members (excludes halogenated alkanes) is 1. The second-order valence-electron chi connectivity index (χ2n) is 3.26. The Balaban J connectivity index is 2.07. The van der Waals surface area contributed by atoms with E-state index in [1.807, 2.05) is 6.07 Å². The number of ether oxygens (including phenoxy) is 3. The number of para-hydroxylation sites is 1. The Labute approximate surface area is 101 Å². The second-order valence-corrected chi connectivity index (χ2v) is 3.26. The average Bonchev–Trinajstić information content (AvgIpc) is 2.35. The van der Waals surface area contributed by atoms with Crippen molar-refractivity contribution in [2.75, 3.05) is 13.2 Å². The molecule has 0 radical (unpaired) electrons. The van der Waals surface area contributed by atoms with Gasteiger partial charge in [-0.05, 0) is 25.0 Å². The molecule has 4 nitrogen and oxygen atoms in total. The minimum absolute atomic E-state index is 0.326. The molecule has 0 saturated heterocycles. The molecule has 0 aliphatic heterocycles. The minimum Gasteiger partial charge on any atom is -0.502 e. The van der Waals surface area contributed by atoms with Gasteiger partial charge in [-0.15, -0.1) is 0 Å². The van der Waals surface area contributed by atoms with E-state index in [0.29, 0.717) is 19.0 Å². The highest BCUT2D eigenvalue weighted by molar-refractivity contribution is 5.63. The van der Waals surface area contributed by atoms with Crippen molar-refractivity contribution in [1.29, 1.82) is 0 Å². The van der Waals surface area contributed by atoms with E-state index in [1.165, 1.54) is 6.26 Å². The number of carbonyl (C=O) groups is 1. The monoisotopic (exact) mass is 236 g/mol. The first-order valence-electron chi connectivity index (χ1n) is 5.45. The van der Waals surface area contributed by atoms with Crippen LogP contribution >= 0.6 is 0 Å². The van der Waals surface area contributed by atoms with Gasteiger partial charge < -0.3 is 14.2 Å². The van der Waals surface area contributed by atoms with Crippen molar-refractivity contribution in [2.24, 2.45) is 0 Å². The van der Waals surface area contributed by atoms with E-state index in [0.717, 1.165) is 12.8 Å². The molecule has 1 aromatic carbocycles. The molecule has 0 aromatic heterocycles. The molecule has 0 heterocycles. The fourth-order valence-corrected chi connectivity index (χ4v) is 1.14. The summed E-state index contributed by atoms with van der Waals surface area (Å²) in [5.41, 5.74) is 0. The van der Waals surface area contributed by atoms with Gasteiger partial charge in [0.1, 0.15) is 5.75 Å². The van der Waals surface area contributed by atoms with E-state index in [9.17, 15) is 4.79 Å². The van der Waals surface area contributed by atoms with Crippen LogP contribution in [0, 0.1) is 0 Å². The van der Waals surface area contributed by atoms with Crippen LogP contribution in [-0.2, 0) is 9.47 Å². The molecule has 4 heteroatoms. The first-order chi connectivity index (χ1) is 8.33. The fraction of sp³-hybridized carbons (Fsp3) is 0.308. The maximum Gasteiger partial charge on any atom is 0.513 e. The number of rotatable bonds is 7. The smallest absolute Gasteiger partial charge is 0.502 e. The summed E-state index contributed by atoms with van der Waals surface area (Å²) in [7, 11) is 0. The van der Waals surface area contributed by atoms with Crippen molar-refractivity contribution in [2.45, 2.75) is 12.8 Å². The Morgan fingerprint density at radius 3 is 2.59 bits per heavy atom. The third-order valence-electron chi connectivity index (χ3n) is 1.94. The maximum absolute atomic E-state index is 11.2. The van der Waals surface area contributed by atoms with Gasteiger partial charge in [0.15, 0.2) is 0 Å². The molecule has 0 bridgehead atoms. The Kier molecular flexibility index (Phi) is 6.33. The van der Waals surface area contributed by atoms with Gasteiger partial charge >= 0.3 is 6.16 Å². The largest absolute Gasteiger partial charge is 0.513 e. The van der Waals surface area contributed by atoms with E-state index in [1.54, 1.807) is 24.3 Å². The van der Waals surface area contributed by atoms with Crippen LogP contribution in [0.2, 0.25) is 0 Å². The van der Waals surface area contributed by atoms with Crippen LogP contribution in [0.1, 0.15) is 12.8 Å². The lowest BCUT2D eigenvalue weighted by atomic mass is 10.3. The summed E-state index contributed by atoms with van der Waals surface area (Å²) in [4.78, 5) is 11.2. The van der Waals surface area contributed by atoms with Crippen molar-refractivity contribution in [3.05, 3.63) is 43.2 Å². The molecule has 0 unspecified atom stereocenters. The predicted molar refractivity (Wildman–Crippen MR) is 63.8 cm³/mol. The van der Waals surface area contributed by atoms with Crippen molar-refractivity contribution in [3.8, 4) is 5.75 Å². The number of hydrogen-bond acceptors (Lipinski definition) is 4. The van der Waals surface area contributed by atoms with Crippen molar-refractivity contribution in [1.82, 2.24) is 0 Å². The Hall–Kier alpha value is -1.97. The molecule has 92 valence electrons. The molecule has 0 amide bonds. The van der Waals surface area contributed by atoms with Crippen molar-refractivity contribution < 1.29 is 19.0 Å². The zero-order chi connectivity index (χ0) is 12.3. The van der Waals surface area contributed by atoms with Gasteiger partial charge in [-0.1, -0.05) is 24.8 Å². The van der Waals surface area contributed by atoms with Gasteiger partial charge in [0, 0.05) is 0 Å². The topological polar surface area (TPSA) is 44.8 Å². The molecule has 1 aromatic rings. The van der Waals surface area contributed by atoms with Gasteiger partial charge in [0.05, 0.1) is 19.5 Å². The number of carbonyl (C=O) groups excluding carboxylic acids is 1. The first-order valence-corrected chi connectivity index (χ1v) is 5.45. The molecule has 0 spiro atoms. The van der Waals surface area contributed by atoms with E-state index < -0.39 is 6.16 Å². The summed E-state index contributed by atoms with van der Waals surface area (Å²) >= 11 is 0. The highest BCUT2D eigenvalue weighted by atomic mass is 16.7. The van der Waals surface area contributed by atoms with Crippen LogP contribution in [-0.4, -0.2) is 19.4 Å². The molecule has 1 rings (SSSR count). The second kappa shape index (κ2) is 8.21. The molecule has 0 aliphatic carbocycles. The molecule has 0 N–H and O–H groups in total. The van der Waals surface area contributed by atoms with Crippen LogP contribution < -0.4 is 4.74 Å². The van der Waals surface area contributed by atoms with Crippen LogP contribution in [0.5, 0.6) is 5.75 Å². The maximum atomic E-state index is 11.2. The lowest BCUT2D eigenvalue weighted by Crippen LogP contribution is -2.11. The molecule has 0 aliphatic rings. The predicted octanol–water partition coefficient (Wildman–Crippen LogP) is 3.14. The van der Waals surface area contributed by atoms with Gasteiger partial charge in [-0.3, -0.25) is 0 Å². The van der Waals surface area contributed by atoms with Crippen LogP contribution in [0.3, 0.4) is 0 Å². The SMILES string of the molecule is C=COCCCCOC(=O)Oc1ccccc1. The third kappa shape index (κ3) is 6.25. The zero-order valence-electron chi connectivity index (χ0n) is 9.63. The highest BCUT2D eigenvalue weighted by Gasteiger charge is 2.04. The summed E-state index contributed by atoms with van der Waals surface area (Å²) in [5, 5.41) is 0. The molecule has 0 atom stereocenters. The summed E-state index contributed by atoms with van der Waals surface area (Å²) in [6.07, 6.45) is 2.26. The molecule has 17 heavy (non-hydrogen) atoms. The lowest BCUT2D eigenvalue weighted by molar-refractivity contribution is 0.0953. The van der Waals surface area contributed by atoms with E-state index in [2.05, 4.69) is 6.58 Å². The van der Waals surface area contributed by atoms with Crippen molar-refractivity contribution in [3.63, 3.8) is 0 Å². The quantitative estimate of drug-likeness (QED) is 0.316. The normalized spacial score (nSPS) is 9.41. The van der Waals surface area contributed by atoms with Gasteiger partial charge in [-0.25, -0.2) is 4.79 Å². The van der Waals surface area contributed by atoms with Crippen LogP contribution in [0.15, 0.2) is 43.2 Å². The molecule has 0 saturated carbocycles. The van der Waals surface area contributed by atoms with Gasteiger partial charge in [0.25, 0.3) is 0 Å². The molecular weight excluding hydrogens is 220 g/mol. The lowest BCUT2D eigenvalue weighted by Gasteiger charge is -2.05.